The maximum atomic E-state index is 10.0. The fourth-order valence-corrected chi connectivity index (χ4v) is 0.825. The van der Waals surface area contributed by atoms with Gasteiger partial charge in [0, 0.05) is 0 Å². The molecule has 5 heteroatoms. The van der Waals surface area contributed by atoms with Gasteiger partial charge in [-0.15, -0.1) is 0 Å². The topological polar surface area (TPSA) is 84.6 Å². The fraction of sp³-hybridized carbons (Fsp3) is 0.125. The van der Waals surface area contributed by atoms with Crippen LogP contribution in [0.3, 0.4) is 0 Å². The van der Waals surface area contributed by atoms with Crippen LogP contribution in [-0.4, -0.2) is 11.2 Å². The highest BCUT2D eigenvalue weighted by molar-refractivity contribution is 5.62. The molecule has 0 spiro atoms. The van der Waals surface area contributed by atoms with E-state index in [1.54, 1.807) is 29.7 Å². The molecule has 5 nitrogen and oxygen atoms in total. The molecule has 0 saturated heterocycles. The third-order valence-corrected chi connectivity index (χ3v) is 1.40. The number of nitrogens with two attached hydrogens (primary N) is 1. The molecule has 0 aromatic heterocycles. The van der Waals surface area contributed by atoms with Crippen molar-refractivity contribution in [2.75, 3.05) is 0 Å². The van der Waals surface area contributed by atoms with Crippen LogP contribution in [0.2, 0.25) is 0 Å². The van der Waals surface area contributed by atoms with Gasteiger partial charge in [0.1, 0.15) is 0 Å². The first-order chi connectivity index (χ1) is 6.20. The van der Waals surface area contributed by atoms with E-state index < -0.39 is 12.3 Å². The number of hydrogen-bond donors (Lipinski definition) is 3. The van der Waals surface area contributed by atoms with Gasteiger partial charge >= 0.3 is 6.09 Å². The lowest BCUT2D eigenvalue weighted by Gasteiger charge is -2.10. The Hall–Kier alpha value is -1.59. The van der Waals surface area contributed by atoms with E-state index in [1.165, 1.54) is 0 Å². The molecule has 1 rings (SSSR count). The molecule has 13 heavy (non-hydrogen) atoms. The number of benzene rings is 1. The Bertz CT molecular complexity index is 276. The van der Waals surface area contributed by atoms with Gasteiger partial charge in [-0.2, -0.15) is 5.48 Å². The number of rotatable bonds is 3. The van der Waals surface area contributed by atoms with Gasteiger partial charge in [0.25, 0.3) is 0 Å². The molecule has 1 aromatic carbocycles. The van der Waals surface area contributed by atoms with Crippen LogP contribution in [0.5, 0.6) is 0 Å². The van der Waals surface area contributed by atoms with Crippen LogP contribution in [-0.2, 0) is 4.84 Å². The molecule has 0 bridgehead atoms. The lowest BCUT2D eigenvalue weighted by atomic mass is 10.2. The summed E-state index contributed by atoms with van der Waals surface area (Å²) < 4.78 is 0. The summed E-state index contributed by atoms with van der Waals surface area (Å²) in [6, 6.07) is 8.90. The number of hydrogen-bond acceptors (Lipinski definition) is 3. The van der Waals surface area contributed by atoms with Gasteiger partial charge in [0.05, 0.1) is 0 Å². The Morgan fingerprint density at radius 1 is 1.46 bits per heavy atom. The first kappa shape index (κ1) is 9.50. The minimum atomic E-state index is -1.27. The van der Waals surface area contributed by atoms with Gasteiger partial charge in [-0.25, -0.2) is 9.63 Å². The van der Waals surface area contributed by atoms with E-state index in [9.17, 15) is 4.79 Å². The molecule has 0 saturated carbocycles. The molecule has 0 aliphatic rings. The highest BCUT2D eigenvalue weighted by Crippen LogP contribution is 2.08. The lowest BCUT2D eigenvalue weighted by molar-refractivity contribution is -0.0142. The second-order valence-corrected chi connectivity index (χ2v) is 2.36. The minimum Gasteiger partial charge on any atom is -0.464 e. The average Bonchev–Trinajstić information content (AvgIpc) is 2.15. The Kier molecular flexibility index (Phi) is 3.24. The normalized spacial score (nSPS) is 12.1. The molecular weight excluding hydrogens is 172 g/mol. The van der Waals surface area contributed by atoms with Crippen molar-refractivity contribution in [1.29, 1.82) is 0 Å². The molecule has 0 heterocycles. The van der Waals surface area contributed by atoms with Crippen molar-refractivity contribution in [3.05, 3.63) is 35.9 Å². The van der Waals surface area contributed by atoms with Crippen LogP contribution in [0.4, 0.5) is 4.79 Å². The molecule has 1 aromatic rings. The van der Waals surface area contributed by atoms with Crippen molar-refractivity contribution < 1.29 is 14.7 Å². The molecule has 1 amide bonds. The highest BCUT2D eigenvalue weighted by atomic mass is 16.7. The van der Waals surface area contributed by atoms with Crippen LogP contribution in [0.15, 0.2) is 30.3 Å². The fourth-order valence-electron chi connectivity index (χ4n) is 0.825. The second kappa shape index (κ2) is 4.44. The van der Waals surface area contributed by atoms with Crippen molar-refractivity contribution in [1.82, 2.24) is 5.48 Å². The first-order valence-electron chi connectivity index (χ1n) is 3.65. The zero-order valence-electron chi connectivity index (χ0n) is 6.81. The van der Waals surface area contributed by atoms with Crippen LogP contribution in [0, 0.1) is 0 Å². The van der Waals surface area contributed by atoms with Gasteiger partial charge in [-0.05, 0) is 5.56 Å². The molecule has 0 aliphatic carbocycles. The molecule has 70 valence electrons. The summed E-state index contributed by atoms with van der Waals surface area (Å²) in [5.41, 5.74) is 7.94. The third kappa shape index (κ3) is 3.10. The lowest BCUT2D eigenvalue weighted by Crippen LogP contribution is -2.28. The van der Waals surface area contributed by atoms with E-state index in [0.717, 1.165) is 0 Å². The van der Waals surface area contributed by atoms with Gasteiger partial charge in [0.15, 0.2) is 6.23 Å². The van der Waals surface area contributed by atoms with Gasteiger partial charge in [-0.1, -0.05) is 30.3 Å². The summed E-state index contributed by atoms with van der Waals surface area (Å²) in [5.74, 6) is 0. The Morgan fingerprint density at radius 3 is 2.62 bits per heavy atom. The Labute approximate surface area is 75.1 Å². The van der Waals surface area contributed by atoms with Crippen molar-refractivity contribution in [2.24, 2.45) is 5.73 Å². The maximum Gasteiger partial charge on any atom is 0.428 e. The number of amides is 1. The van der Waals surface area contributed by atoms with Gasteiger partial charge < -0.3 is 10.8 Å². The van der Waals surface area contributed by atoms with E-state index in [1.807, 2.05) is 6.07 Å². The Morgan fingerprint density at radius 2 is 2.08 bits per heavy atom. The summed E-state index contributed by atoms with van der Waals surface area (Å²) in [4.78, 5) is 14.7. The molecule has 0 aliphatic heterocycles. The van der Waals surface area contributed by atoms with E-state index in [-0.39, 0.29) is 0 Å². The van der Waals surface area contributed by atoms with Crippen molar-refractivity contribution >= 4 is 6.09 Å². The van der Waals surface area contributed by atoms with Gasteiger partial charge in [-0.3, -0.25) is 0 Å². The van der Waals surface area contributed by atoms with Crippen LogP contribution in [0.25, 0.3) is 0 Å². The summed E-state index contributed by atoms with van der Waals surface area (Å²) in [7, 11) is 0. The maximum absolute atomic E-state index is 10.0. The van der Waals surface area contributed by atoms with E-state index >= 15 is 0 Å². The number of carboxylic acid groups (broad SMARTS) is 1. The zero-order chi connectivity index (χ0) is 9.68. The highest BCUT2D eigenvalue weighted by Gasteiger charge is 2.06. The SMILES string of the molecule is NC(ONC(=O)O)c1ccccc1. The minimum absolute atomic E-state index is 0.705. The summed E-state index contributed by atoms with van der Waals surface area (Å²) in [6.45, 7) is 0. The summed E-state index contributed by atoms with van der Waals surface area (Å²) >= 11 is 0. The van der Waals surface area contributed by atoms with E-state index in [4.69, 9.17) is 10.8 Å². The van der Waals surface area contributed by atoms with Crippen molar-refractivity contribution in [3.8, 4) is 0 Å². The predicted molar refractivity (Wildman–Crippen MR) is 45.6 cm³/mol. The third-order valence-electron chi connectivity index (χ3n) is 1.40. The smallest absolute Gasteiger partial charge is 0.428 e. The first-order valence-corrected chi connectivity index (χ1v) is 3.65. The van der Waals surface area contributed by atoms with E-state index in [0.29, 0.717) is 5.56 Å². The molecule has 0 fully saturated rings. The van der Waals surface area contributed by atoms with Crippen LogP contribution >= 0.6 is 0 Å². The average molecular weight is 182 g/mol. The standard InChI is InChI=1S/C8H10N2O3/c9-7(13-10-8(11)12)6-4-2-1-3-5-6/h1-5,7,10H,9H2,(H,11,12). The summed E-state index contributed by atoms with van der Waals surface area (Å²) in [5, 5.41) is 8.22. The monoisotopic (exact) mass is 182 g/mol. The van der Waals surface area contributed by atoms with E-state index in [2.05, 4.69) is 4.84 Å². The number of carbonyl (C=O) groups is 1. The molecule has 1 atom stereocenters. The molecule has 1 unspecified atom stereocenters. The summed E-state index contributed by atoms with van der Waals surface area (Å²) in [6.07, 6.45) is -2.05. The molecule has 4 N–H and O–H groups in total. The predicted octanol–water partition coefficient (Wildman–Crippen LogP) is 0.843. The number of nitrogens with one attached hydrogen (secondary N) is 1. The van der Waals surface area contributed by atoms with Crippen molar-refractivity contribution in [3.63, 3.8) is 0 Å². The van der Waals surface area contributed by atoms with Crippen molar-refractivity contribution in [2.45, 2.75) is 6.23 Å². The second-order valence-electron chi connectivity index (χ2n) is 2.36. The zero-order valence-corrected chi connectivity index (χ0v) is 6.81. The molecular formula is C8H10N2O3. The number of hydroxylamine groups is 1. The van der Waals surface area contributed by atoms with Gasteiger partial charge in [0.2, 0.25) is 0 Å². The molecule has 0 radical (unpaired) electrons. The Balaban J connectivity index is 2.49. The largest absolute Gasteiger partial charge is 0.464 e. The van der Waals surface area contributed by atoms with Crippen LogP contribution < -0.4 is 11.2 Å². The quantitative estimate of drug-likeness (QED) is 0.477. The van der Waals surface area contributed by atoms with Crippen LogP contribution in [0.1, 0.15) is 11.8 Å².